The third-order valence-corrected chi connectivity index (χ3v) is 1.08. The number of ether oxygens (including phenoxy) is 2. The second-order valence-corrected chi connectivity index (χ2v) is 2.50. The van der Waals surface area contributed by atoms with Crippen molar-refractivity contribution in [3.05, 3.63) is 0 Å². The van der Waals surface area contributed by atoms with Crippen molar-refractivity contribution in [2.75, 3.05) is 13.2 Å². The standard InChI is InChI=1S/C7H13NO4.C2H4O2/c1-3-11-6(9)5(8)7(10)12-4-2;1-2(3)4/h5H,3-4,8H2,1-2H3;1H3,(H,3,4). The van der Waals surface area contributed by atoms with Gasteiger partial charge in [-0.25, -0.2) is 9.59 Å². The summed E-state index contributed by atoms with van der Waals surface area (Å²) in [6, 6.07) is -1.31. The van der Waals surface area contributed by atoms with Crippen LogP contribution in [-0.2, 0) is 23.9 Å². The Balaban J connectivity index is 0. The lowest BCUT2D eigenvalue weighted by Crippen LogP contribution is -2.41. The minimum atomic E-state index is -1.31. The summed E-state index contributed by atoms with van der Waals surface area (Å²) in [6.07, 6.45) is 0. The molecule has 0 aliphatic rings. The van der Waals surface area contributed by atoms with Crippen LogP contribution >= 0.6 is 0 Å². The largest absolute Gasteiger partial charge is 0.481 e. The van der Waals surface area contributed by atoms with Crippen LogP contribution in [0, 0.1) is 0 Å². The van der Waals surface area contributed by atoms with E-state index in [0.717, 1.165) is 6.92 Å². The smallest absolute Gasteiger partial charge is 0.334 e. The second-order valence-electron chi connectivity index (χ2n) is 2.50. The molecule has 0 aromatic heterocycles. The Bertz CT molecular complexity index is 218. The fourth-order valence-electron chi connectivity index (χ4n) is 0.560. The normalized spacial score (nSPS) is 8.81. The molecule has 16 heavy (non-hydrogen) atoms. The zero-order valence-corrected chi connectivity index (χ0v) is 9.56. The van der Waals surface area contributed by atoms with E-state index >= 15 is 0 Å². The van der Waals surface area contributed by atoms with Crippen molar-refractivity contribution in [1.29, 1.82) is 0 Å². The van der Waals surface area contributed by atoms with Gasteiger partial charge in [0, 0.05) is 6.92 Å². The molecule has 0 unspecified atom stereocenters. The van der Waals surface area contributed by atoms with Gasteiger partial charge in [0.15, 0.2) is 0 Å². The van der Waals surface area contributed by atoms with Crippen LogP contribution in [0.1, 0.15) is 20.8 Å². The van der Waals surface area contributed by atoms with Crippen LogP contribution in [-0.4, -0.2) is 42.3 Å². The fraction of sp³-hybridized carbons (Fsp3) is 0.667. The number of aliphatic carboxylic acids is 1. The van der Waals surface area contributed by atoms with Gasteiger partial charge in [-0.05, 0) is 13.8 Å². The molecule has 94 valence electrons. The minimum Gasteiger partial charge on any atom is -0.481 e. The molecule has 0 atom stereocenters. The molecule has 0 bridgehead atoms. The van der Waals surface area contributed by atoms with Gasteiger partial charge >= 0.3 is 11.9 Å². The summed E-state index contributed by atoms with van der Waals surface area (Å²) < 4.78 is 9.01. The molecule has 0 aromatic carbocycles. The highest BCUT2D eigenvalue weighted by Gasteiger charge is 2.24. The van der Waals surface area contributed by atoms with Gasteiger partial charge in [-0.1, -0.05) is 0 Å². The van der Waals surface area contributed by atoms with Crippen LogP contribution in [0.15, 0.2) is 0 Å². The van der Waals surface area contributed by atoms with Gasteiger partial charge in [0.05, 0.1) is 13.2 Å². The number of esters is 2. The van der Waals surface area contributed by atoms with Crippen molar-refractivity contribution >= 4 is 17.9 Å². The molecule has 7 heteroatoms. The summed E-state index contributed by atoms with van der Waals surface area (Å²) in [5.41, 5.74) is 5.18. The average molecular weight is 235 g/mol. The molecule has 0 radical (unpaired) electrons. The number of carboxylic acid groups (broad SMARTS) is 1. The maximum Gasteiger partial charge on any atom is 0.334 e. The van der Waals surface area contributed by atoms with E-state index in [-0.39, 0.29) is 13.2 Å². The Kier molecular flexibility index (Phi) is 10.4. The summed E-state index contributed by atoms with van der Waals surface area (Å²) in [5.74, 6) is -2.34. The van der Waals surface area contributed by atoms with E-state index in [9.17, 15) is 9.59 Å². The molecule has 0 aliphatic carbocycles. The van der Waals surface area contributed by atoms with E-state index in [0.29, 0.717) is 0 Å². The summed E-state index contributed by atoms with van der Waals surface area (Å²) in [6.45, 7) is 4.75. The van der Waals surface area contributed by atoms with Crippen molar-refractivity contribution in [1.82, 2.24) is 0 Å². The summed E-state index contributed by atoms with van der Waals surface area (Å²) in [7, 11) is 0. The van der Waals surface area contributed by atoms with Crippen LogP contribution in [0.2, 0.25) is 0 Å². The average Bonchev–Trinajstić information content (AvgIpc) is 2.16. The molecular formula is C9H17NO6. The number of hydrogen-bond acceptors (Lipinski definition) is 6. The molecule has 0 saturated heterocycles. The minimum absolute atomic E-state index is 0.200. The maximum atomic E-state index is 10.8. The summed E-state index contributed by atoms with van der Waals surface area (Å²) >= 11 is 0. The van der Waals surface area contributed by atoms with Crippen LogP contribution in [0.4, 0.5) is 0 Å². The zero-order valence-electron chi connectivity index (χ0n) is 9.56. The van der Waals surface area contributed by atoms with Gasteiger partial charge in [-0.2, -0.15) is 0 Å². The predicted octanol–water partition coefficient (Wildman–Crippen LogP) is -0.469. The van der Waals surface area contributed by atoms with Crippen molar-refractivity contribution in [2.24, 2.45) is 5.73 Å². The highest BCUT2D eigenvalue weighted by Crippen LogP contribution is 1.89. The molecule has 0 fully saturated rings. The number of carboxylic acids is 1. The lowest BCUT2D eigenvalue weighted by molar-refractivity contribution is -0.156. The van der Waals surface area contributed by atoms with E-state index in [1.807, 2.05) is 0 Å². The van der Waals surface area contributed by atoms with Crippen molar-refractivity contribution < 1.29 is 29.0 Å². The molecule has 0 rings (SSSR count). The molecule has 0 spiro atoms. The molecule has 0 aliphatic heterocycles. The molecule has 0 saturated carbocycles. The van der Waals surface area contributed by atoms with Crippen molar-refractivity contribution in [2.45, 2.75) is 26.8 Å². The van der Waals surface area contributed by atoms with Crippen LogP contribution in [0.5, 0.6) is 0 Å². The first kappa shape index (κ1) is 16.8. The van der Waals surface area contributed by atoms with Crippen molar-refractivity contribution in [3.63, 3.8) is 0 Å². The third kappa shape index (κ3) is 10.5. The summed E-state index contributed by atoms with van der Waals surface area (Å²) in [5, 5.41) is 7.42. The lowest BCUT2D eigenvalue weighted by Gasteiger charge is -2.08. The second kappa shape index (κ2) is 9.91. The van der Waals surface area contributed by atoms with E-state index in [2.05, 4.69) is 9.47 Å². The van der Waals surface area contributed by atoms with E-state index in [1.54, 1.807) is 13.8 Å². The Labute approximate surface area is 93.5 Å². The van der Waals surface area contributed by atoms with Crippen molar-refractivity contribution in [3.8, 4) is 0 Å². The molecule has 0 heterocycles. The number of nitrogens with two attached hydrogens (primary N) is 1. The zero-order chi connectivity index (χ0) is 13.1. The first-order valence-corrected chi connectivity index (χ1v) is 4.65. The van der Waals surface area contributed by atoms with Gasteiger partial charge in [-0.15, -0.1) is 0 Å². The molecular weight excluding hydrogens is 218 g/mol. The topological polar surface area (TPSA) is 116 Å². The Hall–Kier alpha value is -1.63. The van der Waals surface area contributed by atoms with E-state index in [4.69, 9.17) is 15.6 Å². The molecule has 3 N–H and O–H groups in total. The lowest BCUT2D eigenvalue weighted by atomic mass is 10.3. The molecule has 7 nitrogen and oxygen atoms in total. The first-order chi connectivity index (χ1) is 7.36. The SMILES string of the molecule is CC(=O)O.CCOC(=O)C(N)C(=O)OCC. The van der Waals surface area contributed by atoms with Crippen LogP contribution in [0.25, 0.3) is 0 Å². The number of hydrogen-bond donors (Lipinski definition) is 2. The van der Waals surface area contributed by atoms with Gasteiger partial charge in [0.25, 0.3) is 5.97 Å². The quantitative estimate of drug-likeness (QED) is 0.499. The predicted molar refractivity (Wildman–Crippen MR) is 54.6 cm³/mol. The fourth-order valence-corrected chi connectivity index (χ4v) is 0.560. The molecule has 0 aromatic rings. The highest BCUT2D eigenvalue weighted by molar-refractivity contribution is 5.98. The Morgan fingerprint density at radius 1 is 1.12 bits per heavy atom. The highest BCUT2D eigenvalue weighted by atomic mass is 16.6. The number of rotatable bonds is 4. The number of carbonyl (C=O) groups excluding carboxylic acids is 2. The first-order valence-electron chi connectivity index (χ1n) is 4.65. The van der Waals surface area contributed by atoms with E-state index in [1.165, 1.54) is 0 Å². The Morgan fingerprint density at radius 3 is 1.56 bits per heavy atom. The maximum absolute atomic E-state index is 10.8. The monoisotopic (exact) mass is 235 g/mol. The van der Waals surface area contributed by atoms with Gasteiger partial charge in [0.2, 0.25) is 6.04 Å². The third-order valence-electron chi connectivity index (χ3n) is 1.08. The van der Waals surface area contributed by atoms with Gasteiger partial charge in [-0.3, -0.25) is 4.79 Å². The van der Waals surface area contributed by atoms with Gasteiger partial charge in [0.1, 0.15) is 0 Å². The van der Waals surface area contributed by atoms with Crippen LogP contribution < -0.4 is 5.73 Å². The Morgan fingerprint density at radius 2 is 1.38 bits per heavy atom. The van der Waals surface area contributed by atoms with E-state index < -0.39 is 23.9 Å². The van der Waals surface area contributed by atoms with Crippen LogP contribution in [0.3, 0.4) is 0 Å². The summed E-state index contributed by atoms with van der Waals surface area (Å²) in [4.78, 5) is 30.6. The number of carbonyl (C=O) groups is 3. The molecule has 0 amide bonds. The van der Waals surface area contributed by atoms with Gasteiger partial charge < -0.3 is 20.3 Å².